The average molecular weight is 203 g/mol. The van der Waals surface area contributed by atoms with E-state index in [0.29, 0.717) is 12.6 Å². The highest BCUT2D eigenvalue weighted by molar-refractivity contribution is 4.84. The fourth-order valence-corrected chi connectivity index (χ4v) is 1.21. The SMILES string of the molecule is CC(C)NC(C)(CO)COC(C)(C)C. The molecule has 0 aromatic carbocycles. The number of nitrogens with one attached hydrogen (secondary N) is 1. The number of hydrogen-bond donors (Lipinski definition) is 2. The highest BCUT2D eigenvalue weighted by Gasteiger charge is 2.26. The molecule has 0 aliphatic heterocycles. The van der Waals surface area contributed by atoms with Gasteiger partial charge in [0.2, 0.25) is 0 Å². The Morgan fingerprint density at radius 2 is 1.71 bits per heavy atom. The molecule has 0 saturated carbocycles. The van der Waals surface area contributed by atoms with Crippen molar-refractivity contribution < 1.29 is 9.84 Å². The number of rotatable bonds is 5. The van der Waals surface area contributed by atoms with Crippen molar-refractivity contribution in [3.05, 3.63) is 0 Å². The fraction of sp³-hybridized carbons (Fsp3) is 1.00. The number of aliphatic hydroxyl groups excluding tert-OH is 1. The van der Waals surface area contributed by atoms with Gasteiger partial charge in [0.25, 0.3) is 0 Å². The molecule has 0 radical (unpaired) electrons. The van der Waals surface area contributed by atoms with Gasteiger partial charge in [-0.15, -0.1) is 0 Å². The van der Waals surface area contributed by atoms with Gasteiger partial charge >= 0.3 is 0 Å². The summed E-state index contributed by atoms with van der Waals surface area (Å²) in [4.78, 5) is 0. The zero-order chi connectivity index (χ0) is 11.4. The topological polar surface area (TPSA) is 41.5 Å². The monoisotopic (exact) mass is 203 g/mol. The molecule has 0 rings (SSSR count). The summed E-state index contributed by atoms with van der Waals surface area (Å²) in [5, 5.41) is 12.6. The van der Waals surface area contributed by atoms with Gasteiger partial charge < -0.3 is 15.2 Å². The zero-order valence-corrected chi connectivity index (χ0v) is 10.3. The van der Waals surface area contributed by atoms with Gasteiger partial charge in [-0.05, 0) is 27.7 Å². The Bertz CT molecular complexity index is 163. The first-order chi connectivity index (χ1) is 6.18. The molecule has 0 aliphatic rings. The minimum absolute atomic E-state index is 0.0846. The van der Waals surface area contributed by atoms with Gasteiger partial charge in [0.1, 0.15) is 0 Å². The lowest BCUT2D eigenvalue weighted by atomic mass is 10.0. The van der Waals surface area contributed by atoms with Crippen molar-refractivity contribution in [1.29, 1.82) is 0 Å². The molecule has 3 heteroatoms. The third-order valence-corrected chi connectivity index (χ3v) is 1.81. The normalized spacial score (nSPS) is 17.1. The summed E-state index contributed by atoms with van der Waals surface area (Å²) < 4.78 is 5.66. The molecule has 0 saturated heterocycles. The van der Waals surface area contributed by atoms with Crippen molar-refractivity contribution in [2.24, 2.45) is 0 Å². The summed E-state index contributed by atoms with van der Waals surface area (Å²) in [5.41, 5.74) is -0.503. The van der Waals surface area contributed by atoms with Crippen LogP contribution in [-0.2, 0) is 4.74 Å². The van der Waals surface area contributed by atoms with E-state index < -0.39 is 0 Å². The predicted molar refractivity (Wildman–Crippen MR) is 59.5 cm³/mol. The van der Waals surface area contributed by atoms with Crippen LogP contribution >= 0.6 is 0 Å². The Balaban J connectivity index is 4.12. The lowest BCUT2D eigenvalue weighted by Gasteiger charge is -2.34. The largest absolute Gasteiger partial charge is 0.394 e. The molecule has 0 aromatic rings. The lowest BCUT2D eigenvalue weighted by Crippen LogP contribution is -2.53. The van der Waals surface area contributed by atoms with Gasteiger partial charge in [0.05, 0.1) is 24.4 Å². The molecule has 0 aliphatic carbocycles. The van der Waals surface area contributed by atoms with Gasteiger partial charge in [-0.25, -0.2) is 0 Å². The van der Waals surface area contributed by atoms with Crippen LogP contribution < -0.4 is 5.32 Å². The van der Waals surface area contributed by atoms with E-state index in [2.05, 4.69) is 19.2 Å². The Kier molecular flexibility index (Phi) is 5.06. The first-order valence-corrected chi connectivity index (χ1v) is 5.21. The average Bonchev–Trinajstić information content (AvgIpc) is 1.99. The highest BCUT2D eigenvalue weighted by atomic mass is 16.5. The van der Waals surface area contributed by atoms with E-state index in [1.54, 1.807) is 0 Å². The molecule has 0 heterocycles. The van der Waals surface area contributed by atoms with Gasteiger partial charge in [0, 0.05) is 6.04 Å². The van der Waals surface area contributed by atoms with Gasteiger partial charge in [-0.3, -0.25) is 0 Å². The summed E-state index contributed by atoms with van der Waals surface area (Å²) in [5.74, 6) is 0. The molecule has 3 nitrogen and oxygen atoms in total. The zero-order valence-electron chi connectivity index (χ0n) is 10.3. The minimum atomic E-state index is -0.346. The van der Waals surface area contributed by atoms with E-state index in [-0.39, 0.29) is 17.7 Å². The number of aliphatic hydroxyl groups is 1. The van der Waals surface area contributed by atoms with E-state index in [0.717, 1.165) is 0 Å². The summed E-state index contributed by atoms with van der Waals surface area (Å²) in [6.45, 7) is 12.7. The van der Waals surface area contributed by atoms with Crippen molar-refractivity contribution in [3.63, 3.8) is 0 Å². The maximum atomic E-state index is 9.29. The number of hydrogen-bond acceptors (Lipinski definition) is 3. The Morgan fingerprint density at radius 1 is 1.21 bits per heavy atom. The van der Waals surface area contributed by atoms with E-state index in [9.17, 15) is 5.11 Å². The lowest BCUT2D eigenvalue weighted by molar-refractivity contribution is -0.0464. The second kappa shape index (κ2) is 5.10. The second-order valence-electron chi connectivity index (χ2n) is 5.42. The molecule has 0 amide bonds. The number of ether oxygens (including phenoxy) is 1. The van der Waals surface area contributed by atoms with Crippen molar-refractivity contribution >= 4 is 0 Å². The van der Waals surface area contributed by atoms with Crippen LogP contribution in [0.1, 0.15) is 41.5 Å². The van der Waals surface area contributed by atoms with Crippen LogP contribution in [0.4, 0.5) is 0 Å². The molecular weight excluding hydrogens is 178 g/mol. The first-order valence-electron chi connectivity index (χ1n) is 5.21. The van der Waals surface area contributed by atoms with E-state index in [1.165, 1.54) is 0 Å². The van der Waals surface area contributed by atoms with Gasteiger partial charge in [-0.2, -0.15) is 0 Å². The van der Waals surface area contributed by atoms with Gasteiger partial charge in [0.15, 0.2) is 0 Å². The second-order valence-corrected chi connectivity index (χ2v) is 5.42. The van der Waals surface area contributed by atoms with Crippen molar-refractivity contribution in [1.82, 2.24) is 5.32 Å². The summed E-state index contributed by atoms with van der Waals surface area (Å²) in [6, 6.07) is 0.343. The molecular formula is C11H25NO2. The molecule has 0 fully saturated rings. The fourth-order valence-electron chi connectivity index (χ4n) is 1.21. The van der Waals surface area contributed by atoms with Crippen LogP contribution in [-0.4, -0.2) is 35.5 Å². The van der Waals surface area contributed by atoms with Crippen LogP contribution in [0.25, 0.3) is 0 Å². The van der Waals surface area contributed by atoms with Crippen LogP contribution in [0.5, 0.6) is 0 Å². The standard InChI is InChI=1S/C11H25NO2/c1-9(2)12-11(6,7-13)8-14-10(3,4)5/h9,12-13H,7-8H2,1-6H3. The van der Waals surface area contributed by atoms with Crippen LogP contribution in [0, 0.1) is 0 Å². The molecule has 0 spiro atoms. The third kappa shape index (κ3) is 6.35. The maximum Gasteiger partial charge on any atom is 0.0675 e. The predicted octanol–water partition coefficient (Wildman–Crippen LogP) is 1.55. The maximum absolute atomic E-state index is 9.29. The summed E-state index contributed by atoms with van der Waals surface area (Å²) >= 11 is 0. The molecule has 0 bridgehead atoms. The summed E-state index contributed by atoms with van der Waals surface area (Å²) in [7, 11) is 0. The van der Waals surface area contributed by atoms with Crippen LogP contribution in [0.3, 0.4) is 0 Å². The highest BCUT2D eigenvalue weighted by Crippen LogP contribution is 2.12. The Hall–Kier alpha value is -0.120. The smallest absolute Gasteiger partial charge is 0.0675 e. The molecule has 2 N–H and O–H groups in total. The molecule has 86 valence electrons. The van der Waals surface area contributed by atoms with E-state index >= 15 is 0 Å². The Morgan fingerprint density at radius 3 is 2.00 bits per heavy atom. The minimum Gasteiger partial charge on any atom is -0.394 e. The Labute approximate surface area is 87.8 Å². The van der Waals surface area contributed by atoms with Crippen molar-refractivity contribution in [2.45, 2.75) is 58.7 Å². The molecule has 1 unspecified atom stereocenters. The molecule has 14 heavy (non-hydrogen) atoms. The van der Waals surface area contributed by atoms with Crippen LogP contribution in [0.15, 0.2) is 0 Å². The van der Waals surface area contributed by atoms with E-state index in [1.807, 2.05) is 27.7 Å². The van der Waals surface area contributed by atoms with E-state index in [4.69, 9.17) is 4.74 Å². The third-order valence-electron chi connectivity index (χ3n) is 1.81. The van der Waals surface area contributed by atoms with Crippen molar-refractivity contribution in [2.75, 3.05) is 13.2 Å². The first kappa shape index (κ1) is 13.9. The molecule has 0 aromatic heterocycles. The molecule has 1 atom stereocenters. The summed E-state index contributed by atoms with van der Waals surface area (Å²) in [6.07, 6.45) is 0. The van der Waals surface area contributed by atoms with Gasteiger partial charge in [-0.1, -0.05) is 13.8 Å². The van der Waals surface area contributed by atoms with Crippen molar-refractivity contribution in [3.8, 4) is 0 Å². The quantitative estimate of drug-likeness (QED) is 0.712. The van der Waals surface area contributed by atoms with Crippen LogP contribution in [0.2, 0.25) is 0 Å².